The first-order valence-corrected chi connectivity index (χ1v) is 7.83. The summed E-state index contributed by atoms with van der Waals surface area (Å²) in [6.45, 7) is 2.24. The summed E-state index contributed by atoms with van der Waals surface area (Å²) in [6.07, 6.45) is 4.77. The van der Waals surface area contributed by atoms with E-state index in [1.807, 2.05) is 0 Å². The number of unbranched alkanes of at least 4 members (excludes halogenated alkanes) is 2. The minimum Gasteiger partial charge on any atom is -0.396 e. The van der Waals surface area contributed by atoms with Crippen LogP contribution in [0.5, 0.6) is 0 Å². The minimum atomic E-state index is -0.907. The third-order valence-electron chi connectivity index (χ3n) is 4.54. The van der Waals surface area contributed by atoms with E-state index in [1.54, 1.807) is 0 Å². The first-order chi connectivity index (χ1) is 10.1. The molecule has 1 aliphatic rings. The average Bonchev–Trinajstić information content (AvgIpc) is 2.75. The van der Waals surface area contributed by atoms with E-state index in [2.05, 4.69) is 6.92 Å². The van der Waals surface area contributed by atoms with Crippen molar-refractivity contribution < 1.29 is 19.0 Å². The van der Waals surface area contributed by atoms with E-state index in [1.165, 1.54) is 6.07 Å². The zero-order chi connectivity index (χ0) is 15.4. The summed E-state index contributed by atoms with van der Waals surface area (Å²) in [7, 11) is 0. The van der Waals surface area contributed by atoms with Crippen LogP contribution >= 0.6 is 0 Å². The summed E-state index contributed by atoms with van der Waals surface area (Å²) in [5.74, 6) is -1.67. The smallest absolute Gasteiger partial charge is 0.159 e. The molecule has 3 unspecified atom stereocenters. The highest BCUT2D eigenvalue weighted by Gasteiger charge is 2.33. The number of rotatable bonds is 7. The van der Waals surface area contributed by atoms with Gasteiger partial charge in [-0.2, -0.15) is 0 Å². The van der Waals surface area contributed by atoms with E-state index >= 15 is 0 Å². The highest BCUT2D eigenvalue weighted by molar-refractivity contribution is 5.35. The van der Waals surface area contributed by atoms with Gasteiger partial charge in [0.1, 0.15) is 0 Å². The maximum Gasteiger partial charge on any atom is 0.159 e. The van der Waals surface area contributed by atoms with Crippen LogP contribution < -0.4 is 0 Å². The Kier molecular flexibility index (Phi) is 5.71. The van der Waals surface area contributed by atoms with Crippen LogP contribution in [0, 0.1) is 23.5 Å². The first-order valence-electron chi connectivity index (χ1n) is 7.83. The second kappa shape index (κ2) is 7.32. The molecule has 0 saturated heterocycles. The molecule has 2 N–H and O–H groups in total. The SMILES string of the molecule is CCCCCC(CO)CC1Cc2cc(F)c(F)cc2C1O. The van der Waals surface area contributed by atoms with Gasteiger partial charge in [0.05, 0.1) is 6.10 Å². The van der Waals surface area contributed by atoms with Gasteiger partial charge >= 0.3 is 0 Å². The average molecular weight is 298 g/mol. The molecule has 2 rings (SSSR count). The number of halogens is 2. The monoisotopic (exact) mass is 298 g/mol. The van der Waals surface area contributed by atoms with E-state index in [0.717, 1.165) is 31.7 Å². The van der Waals surface area contributed by atoms with E-state index in [4.69, 9.17) is 0 Å². The maximum absolute atomic E-state index is 13.3. The maximum atomic E-state index is 13.3. The summed E-state index contributed by atoms with van der Waals surface area (Å²) in [5, 5.41) is 19.8. The fourth-order valence-electron chi connectivity index (χ4n) is 3.31. The number of fused-ring (bicyclic) bond motifs is 1. The van der Waals surface area contributed by atoms with Crippen molar-refractivity contribution in [2.24, 2.45) is 11.8 Å². The van der Waals surface area contributed by atoms with Crippen LogP contribution in [-0.4, -0.2) is 16.8 Å². The van der Waals surface area contributed by atoms with E-state index in [0.29, 0.717) is 24.0 Å². The summed E-state index contributed by atoms with van der Waals surface area (Å²) in [5.41, 5.74) is 1.20. The molecule has 1 aliphatic carbocycles. The van der Waals surface area contributed by atoms with Gasteiger partial charge in [0.15, 0.2) is 11.6 Å². The van der Waals surface area contributed by atoms with Crippen LogP contribution in [-0.2, 0) is 6.42 Å². The Labute approximate surface area is 124 Å². The van der Waals surface area contributed by atoms with E-state index < -0.39 is 17.7 Å². The van der Waals surface area contributed by atoms with Crippen LogP contribution in [0.4, 0.5) is 8.78 Å². The lowest BCUT2D eigenvalue weighted by Gasteiger charge is -2.21. The summed E-state index contributed by atoms with van der Waals surface area (Å²) < 4.78 is 26.5. The van der Waals surface area contributed by atoms with Gasteiger partial charge in [-0.15, -0.1) is 0 Å². The molecule has 118 valence electrons. The van der Waals surface area contributed by atoms with Gasteiger partial charge < -0.3 is 10.2 Å². The molecule has 0 amide bonds. The van der Waals surface area contributed by atoms with Crippen LogP contribution in [0.2, 0.25) is 0 Å². The van der Waals surface area contributed by atoms with Crippen molar-refractivity contribution in [3.8, 4) is 0 Å². The lowest BCUT2D eigenvalue weighted by Crippen LogP contribution is -2.16. The number of aliphatic hydroxyl groups is 2. The fraction of sp³-hybridized carbons (Fsp3) is 0.647. The number of hydrogen-bond donors (Lipinski definition) is 2. The van der Waals surface area contributed by atoms with Gasteiger partial charge in [-0.3, -0.25) is 0 Å². The van der Waals surface area contributed by atoms with Gasteiger partial charge in [-0.1, -0.05) is 26.2 Å². The molecule has 0 aromatic heterocycles. The van der Waals surface area contributed by atoms with Crippen molar-refractivity contribution in [2.75, 3.05) is 6.61 Å². The lowest BCUT2D eigenvalue weighted by atomic mass is 9.88. The highest BCUT2D eigenvalue weighted by atomic mass is 19.2. The molecule has 0 fully saturated rings. The molecule has 1 aromatic rings. The van der Waals surface area contributed by atoms with Gasteiger partial charge in [-0.25, -0.2) is 8.78 Å². The Morgan fingerprint density at radius 3 is 2.62 bits per heavy atom. The standard InChI is InChI=1S/C17H24F2O2/c1-2-3-4-5-11(10-20)6-13-7-12-8-15(18)16(19)9-14(12)17(13)21/h8-9,11,13,17,20-21H,2-7,10H2,1H3. The van der Waals surface area contributed by atoms with Crippen LogP contribution in [0.1, 0.15) is 56.3 Å². The molecule has 21 heavy (non-hydrogen) atoms. The third kappa shape index (κ3) is 3.80. The molecule has 2 nitrogen and oxygen atoms in total. The molecule has 3 atom stereocenters. The predicted molar refractivity (Wildman–Crippen MR) is 77.8 cm³/mol. The van der Waals surface area contributed by atoms with Crippen molar-refractivity contribution >= 4 is 0 Å². The Bertz CT molecular complexity index is 476. The molecule has 0 radical (unpaired) electrons. The highest BCUT2D eigenvalue weighted by Crippen LogP contribution is 2.40. The molecule has 0 saturated carbocycles. The normalized spacial score (nSPS) is 22.3. The molecule has 0 heterocycles. The summed E-state index contributed by atoms with van der Waals surface area (Å²) in [6, 6.07) is 2.30. The number of benzene rings is 1. The summed E-state index contributed by atoms with van der Waals surface area (Å²) >= 11 is 0. The van der Waals surface area contributed by atoms with Crippen molar-refractivity contribution in [1.29, 1.82) is 0 Å². The Morgan fingerprint density at radius 1 is 1.24 bits per heavy atom. The third-order valence-corrected chi connectivity index (χ3v) is 4.54. The molecule has 1 aromatic carbocycles. The Balaban J connectivity index is 2.00. The number of hydrogen-bond acceptors (Lipinski definition) is 2. The van der Waals surface area contributed by atoms with Crippen molar-refractivity contribution in [2.45, 2.75) is 51.6 Å². The molecular formula is C17H24F2O2. The molecule has 0 spiro atoms. The molecule has 4 heteroatoms. The van der Waals surface area contributed by atoms with Gasteiger partial charge in [-0.05, 0) is 54.4 Å². The quantitative estimate of drug-likeness (QED) is 0.753. The second-order valence-corrected chi connectivity index (χ2v) is 6.15. The van der Waals surface area contributed by atoms with Crippen molar-refractivity contribution in [3.05, 3.63) is 34.9 Å². The minimum absolute atomic E-state index is 0.0556. The predicted octanol–water partition coefficient (Wildman–Crippen LogP) is 3.75. The Hall–Kier alpha value is -1.00. The van der Waals surface area contributed by atoms with E-state index in [9.17, 15) is 19.0 Å². The van der Waals surface area contributed by atoms with E-state index in [-0.39, 0.29) is 18.4 Å². The van der Waals surface area contributed by atoms with Crippen LogP contribution in [0.3, 0.4) is 0 Å². The van der Waals surface area contributed by atoms with Crippen LogP contribution in [0.15, 0.2) is 12.1 Å². The second-order valence-electron chi connectivity index (χ2n) is 6.15. The molecule has 0 aliphatic heterocycles. The van der Waals surface area contributed by atoms with Gasteiger partial charge in [0.2, 0.25) is 0 Å². The zero-order valence-corrected chi connectivity index (χ0v) is 12.5. The zero-order valence-electron chi connectivity index (χ0n) is 12.5. The lowest BCUT2D eigenvalue weighted by molar-refractivity contribution is 0.0921. The first kappa shape index (κ1) is 16.4. The van der Waals surface area contributed by atoms with Crippen LogP contribution in [0.25, 0.3) is 0 Å². The van der Waals surface area contributed by atoms with Gasteiger partial charge in [0, 0.05) is 6.61 Å². The summed E-state index contributed by atoms with van der Waals surface area (Å²) in [4.78, 5) is 0. The molecular weight excluding hydrogens is 274 g/mol. The topological polar surface area (TPSA) is 40.5 Å². The largest absolute Gasteiger partial charge is 0.396 e. The van der Waals surface area contributed by atoms with Crippen molar-refractivity contribution in [3.63, 3.8) is 0 Å². The fourth-order valence-corrected chi connectivity index (χ4v) is 3.31. The molecule has 0 bridgehead atoms. The van der Waals surface area contributed by atoms with Gasteiger partial charge in [0.25, 0.3) is 0 Å². The Morgan fingerprint density at radius 2 is 1.95 bits per heavy atom. The number of aliphatic hydroxyl groups excluding tert-OH is 2. The van der Waals surface area contributed by atoms with Crippen molar-refractivity contribution in [1.82, 2.24) is 0 Å².